The first-order valence-corrected chi connectivity index (χ1v) is 4.47. The summed E-state index contributed by atoms with van der Waals surface area (Å²) >= 11 is 0. The molecule has 70 valence electrons. The van der Waals surface area contributed by atoms with E-state index in [1.54, 1.807) is 14.0 Å². The molecule has 0 unspecified atom stereocenters. The Morgan fingerprint density at radius 2 is 2.08 bits per heavy atom. The van der Waals surface area contributed by atoms with Gasteiger partial charge in [-0.05, 0) is 19.8 Å². The number of carbonyl (C=O) groups is 1. The number of hydrogen-bond acceptors (Lipinski definition) is 3. The van der Waals surface area contributed by atoms with Gasteiger partial charge >= 0.3 is 0 Å². The van der Waals surface area contributed by atoms with Crippen LogP contribution in [0.25, 0.3) is 0 Å². The maximum Gasteiger partial charge on any atom is 0.143 e. The normalized spacial score (nSPS) is 21.2. The summed E-state index contributed by atoms with van der Waals surface area (Å²) in [5.74, 6) is 0.255. The molecule has 1 rings (SSSR count). The quantitative estimate of drug-likeness (QED) is 0.625. The van der Waals surface area contributed by atoms with Crippen LogP contribution >= 0.6 is 0 Å². The molecule has 1 aliphatic heterocycles. The van der Waals surface area contributed by atoms with Crippen LogP contribution in [0.4, 0.5) is 0 Å². The Balaban J connectivity index is 2.21. The summed E-state index contributed by atoms with van der Waals surface area (Å²) in [6.45, 7) is 4.25. The summed E-state index contributed by atoms with van der Waals surface area (Å²) in [5.41, 5.74) is 0. The Bertz CT molecular complexity index is 151. The molecule has 0 saturated carbocycles. The van der Waals surface area contributed by atoms with Gasteiger partial charge in [-0.25, -0.2) is 0 Å². The Hall–Kier alpha value is -0.410. The maximum atomic E-state index is 10.8. The van der Waals surface area contributed by atoms with Crippen LogP contribution < -0.4 is 0 Å². The molecule has 0 radical (unpaired) electrons. The van der Waals surface area contributed by atoms with Gasteiger partial charge in [0.15, 0.2) is 0 Å². The number of nitrogens with zero attached hydrogens (tertiary/aromatic N) is 1. The van der Waals surface area contributed by atoms with Gasteiger partial charge in [0, 0.05) is 20.2 Å². The van der Waals surface area contributed by atoms with Gasteiger partial charge in [-0.2, -0.15) is 0 Å². The minimum absolute atomic E-state index is 0.255. The average molecular weight is 171 g/mol. The van der Waals surface area contributed by atoms with Crippen LogP contribution in [0.5, 0.6) is 0 Å². The second-order valence-corrected chi connectivity index (χ2v) is 3.41. The standard InChI is InChI=1S/C9H17NO2/c1-8(11)7-10-5-3-9(12-2)4-6-10/h9H,3-7H2,1-2H3. The van der Waals surface area contributed by atoms with E-state index >= 15 is 0 Å². The van der Waals surface area contributed by atoms with E-state index in [4.69, 9.17) is 4.74 Å². The Kier molecular flexibility index (Phi) is 3.69. The van der Waals surface area contributed by atoms with Gasteiger partial charge in [0.25, 0.3) is 0 Å². The lowest BCUT2D eigenvalue weighted by molar-refractivity contribution is -0.118. The van der Waals surface area contributed by atoms with E-state index in [0.717, 1.165) is 25.9 Å². The summed E-state index contributed by atoms with van der Waals surface area (Å²) in [6.07, 6.45) is 2.53. The first-order valence-electron chi connectivity index (χ1n) is 4.47. The van der Waals surface area contributed by atoms with Gasteiger partial charge in [0.2, 0.25) is 0 Å². The average Bonchev–Trinajstić information content (AvgIpc) is 2.05. The fourth-order valence-electron chi connectivity index (χ4n) is 1.62. The molecule has 0 aromatic carbocycles. The van der Waals surface area contributed by atoms with Gasteiger partial charge in [-0.15, -0.1) is 0 Å². The predicted molar refractivity (Wildman–Crippen MR) is 47.2 cm³/mol. The molecule has 0 aromatic heterocycles. The van der Waals surface area contributed by atoms with Crippen molar-refractivity contribution in [1.29, 1.82) is 0 Å². The van der Waals surface area contributed by atoms with Crippen LogP contribution in [0.2, 0.25) is 0 Å². The fraction of sp³-hybridized carbons (Fsp3) is 0.889. The van der Waals surface area contributed by atoms with E-state index in [1.165, 1.54) is 0 Å². The fourth-order valence-corrected chi connectivity index (χ4v) is 1.62. The third-order valence-electron chi connectivity index (χ3n) is 2.31. The molecule has 1 heterocycles. The highest BCUT2D eigenvalue weighted by Gasteiger charge is 2.18. The van der Waals surface area contributed by atoms with Crippen molar-refractivity contribution in [2.24, 2.45) is 0 Å². The van der Waals surface area contributed by atoms with Gasteiger partial charge in [0.05, 0.1) is 12.6 Å². The number of hydrogen-bond donors (Lipinski definition) is 0. The van der Waals surface area contributed by atoms with Gasteiger partial charge in [-0.3, -0.25) is 9.69 Å². The molecule has 0 spiro atoms. The highest BCUT2D eigenvalue weighted by Crippen LogP contribution is 2.11. The monoisotopic (exact) mass is 171 g/mol. The molecule has 0 aliphatic carbocycles. The van der Waals surface area contributed by atoms with Crippen molar-refractivity contribution < 1.29 is 9.53 Å². The van der Waals surface area contributed by atoms with Crippen molar-refractivity contribution >= 4 is 5.78 Å². The summed E-state index contributed by atoms with van der Waals surface area (Å²) in [6, 6.07) is 0. The van der Waals surface area contributed by atoms with Crippen LogP contribution in [0, 0.1) is 0 Å². The maximum absolute atomic E-state index is 10.8. The zero-order valence-electron chi connectivity index (χ0n) is 7.88. The third-order valence-corrected chi connectivity index (χ3v) is 2.31. The molecular formula is C9H17NO2. The van der Waals surface area contributed by atoms with Crippen LogP contribution in [-0.2, 0) is 9.53 Å². The van der Waals surface area contributed by atoms with Crippen molar-refractivity contribution in [2.45, 2.75) is 25.9 Å². The van der Waals surface area contributed by atoms with Crippen molar-refractivity contribution in [3.8, 4) is 0 Å². The molecule has 1 fully saturated rings. The third kappa shape index (κ3) is 2.91. The van der Waals surface area contributed by atoms with E-state index in [-0.39, 0.29) is 5.78 Å². The zero-order chi connectivity index (χ0) is 8.97. The van der Waals surface area contributed by atoms with E-state index in [2.05, 4.69) is 4.90 Å². The molecule has 0 aromatic rings. The molecule has 12 heavy (non-hydrogen) atoms. The van der Waals surface area contributed by atoms with E-state index in [1.807, 2.05) is 0 Å². The molecule has 0 bridgehead atoms. The van der Waals surface area contributed by atoms with Gasteiger partial charge < -0.3 is 4.74 Å². The minimum Gasteiger partial charge on any atom is -0.381 e. The van der Waals surface area contributed by atoms with Crippen molar-refractivity contribution in [3.05, 3.63) is 0 Å². The number of ether oxygens (including phenoxy) is 1. The predicted octanol–water partition coefficient (Wildman–Crippen LogP) is 0.686. The molecule has 0 atom stereocenters. The van der Waals surface area contributed by atoms with Crippen LogP contribution in [0.1, 0.15) is 19.8 Å². The van der Waals surface area contributed by atoms with Crippen molar-refractivity contribution in [3.63, 3.8) is 0 Å². The lowest BCUT2D eigenvalue weighted by Crippen LogP contribution is -2.39. The Morgan fingerprint density at radius 3 is 2.50 bits per heavy atom. The van der Waals surface area contributed by atoms with Gasteiger partial charge in [-0.1, -0.05) is 0 Å². The van der Waals surface area contributed by atoms with Gasteiger partial charge in [0.1, 0.15) is 5.78 Å². The molecule has 0 amide bonds. The van der Waals surface area contributed by atoms with E-state index < -0.39 is 0 Å². The van der Waals surface area contributed by atoms with E-state index in [0.29, 0.717) is 12.6 Å². The molecular weight excluding hydrogens is 154 g/mol. The molecule has 1 aliphatic rings. The second kappa shape index (κ2) is 4.58. The molecule has 1 saturated heterocycles. The number of likely N-dealkylation sites (tertiary alicyclic amines) is 1. The number of Topliss-reactive ketones (excluding diaryl/α,β-unsaturated/α-hetero) is 1. The number of rotatable bonds is 3. The molecule has 3 nitrogen and oxygen atoms in total. The largest absolute Gasteiger partial charge is 0.381 e. The van der Waals surface area contributed by atoms with E-state index in [9.17, 15) is 4.79 Å². The second-order valence-electron chi connectivity index (χ2n) is 3.41. The first kappa shape index (κ1) is 9.68. The lowest BCUT2D eigenvalue weighted by Gasteiger charge is -2.30. The molecule has 3 heteroatoms. The number of piperidine rings is 1. The lowest BCUT2D eigenvalue weighted by atomic mass is 10.1. The zero-order valence-corrected chi connectivity index (χ0v) is 7.88. The topological polar surface area (TPSA) is 29.5 Å². The summed E-state index contributed by atoms with van der Waals surface area (Å²) in [7, 11) is 1.76. The minimum atomic E-state index is 0.255. The van der Waals surface area contributed by atoms with Crippen LogP contribution in [0.15, 0.2) is 0 Å². The SMILES string of the molecule is COC1CCN(CC(C)=O)CC1. The Morgan fingerprint density at radius 1 is 1.50 bits per heavy atom. The summed E-state index contributed by atoms with van der Waals surface area (Å²) in [4.78, 5) is 13.0. The van der Waals surface area contributed by atoms with Crippen molar-refractivity contribution in [2.75, 3.05) is 26.7 Å². The number of ketones is 1. The Labute approximate surface area is 73.7 Å². The summed E-state index contributed by atoms with van der Waals surface area (Å²) < 4.78 is 5.23. The molecule has 0 N–H and O–H groups in total. The van der Waals surface area contributed by atoms with Crippen LogP contribution in [-0.4, -0.2) is 43.5 Å². The number of methoxy groups -OCH3 is 1. The summed E-state index contributed by atoms with van der Waals surface area (Å²) in [5, 5.41) is 0. The van der Waals surface area contributed by atoms with Crippen molar-refractivity contribution in [1.82, 2.24) is 4.90 Å². The van der Waals surface area contributed by atoms with Crippen LogP contribution in [0.3, 0.4) is 0 Å². The smallest absolute Gasteiger partial charge is 0.143 e. The highest BCUT2D eigenvalue weighted by molar-refractivity contribution is 5.77. The highest BCUT2D eigenvalue weighted by atomic mass is 16.5. The number of carbonyl (C=O) groups excluding carboxylic acids is 1. The first-order chi connectivity index (χ1) is 5.72.